The quantitative estimate of drug-likeness (QED) is 0.839. The van der Waals surface area contributed by atoms with E-state index in [9.17, 15) is 16.8 Å². The number of benzene rings is 1. The lowest BCUT2D eigenvalue weighted by molar-refractivity contribution is 0.595. The first-order chi connectivity index (χ1) is 8.58. The average molecular weight is 324 g/mol. The van der Waals surface area contributed by atoms with Gasteiger partial charge in [0.1, 0.15) is 0 Å². The highest BCUT2D eigenvalue weighted by molar-refractivity contribution is 7.93. The Kier molecular flexibility index (Phi) is 4.42. The van der Waals surface area contributed by atoms with Crippen LogP contribution >= 0.6 is 11.6 Å². The molecule has 3 N–H and O–H groups in total. The van der Waals surface area contributed by atoms with E-state index in [0.717, 1.165) is 12.1 Å². The van der Waals surface area contributed by atoms with Crippen molar-refractivity contribution in [1.29, 1.82) is 5.26 Å². The number of nitrogens with one attached hydrogen (secondary N) is 1. The molecule has 19 heavy (non-hydrogen) atoms. The standard InChI is InChI=1S/C9H10ClN3O4S2/c1-6(5-11)19(16,17)13-9-4-7(18(12,14)15)2-3-8(9)10/h2-4,6,13H,1H3,(H2,12,14,15). The number of primary sulfonamides is 1. The van der Waals surface area contributed by atoms with Crippen LogP contribution in [0.2, 0.25) is 5.02 Å². The van der Waals surface area contributed by atoms with Crippen LogP contribution in [-0.4, -0.2) is 22.1 Å². The number of halogens is 1. The van der Waals surface area contributed by atoms with Crippen molar-refractivity contribution in [1.82, 2.24) is 0 Å². The molecule has 0 heterocycles. The molecule has 0 radical (unpaired) electrons. The van der Waals surface area contributed by atoms with Gasteiger partial charge in [-0.25, -0.2) is 22.0 Å². The SMILES string of the molecule is CC(C#N)S(=O)(=O)Nc1cc(S(N)(=O)=O)ccc1Cl. The Morgan fingerprint density at radius 3 is 2.42 bits per heavy atom. The van der Waals surface area contributed by atoms with E-state index in [4.69, 9.17) is 22.0 Å². The van der Waals surface area contributed by atoms with Gasteiger partial charge in [-0.3, -0.25) is 4.72 Å². The van der Waals surface area contributed by atoms with Crippen molar-refractivity contribution in [3.8, 4) is 6.07 Å². The van der Waals surface area contributed by atoms with Gasteiger partial charge in [-0.1, -0.05) is 11.6 Å². The van der Waals surface area contributed by atoms with Crippen molar-refractivity contribution >= 4 is 37.3 Å². The van der Waals surface area contributed by atoms with Crippen molar-refractivity contribution in [3.63, 3.8) is 0 Å². The molecule has 0 saturated heterocycles. The highest BCUT2D eigenvalue weighted by atomic mass is 35.5. The number of hydrogen-bond acceptors (Lipinski definition) is 5. The third-order valence-corrected chi connectivity index (χ3v) is 4.95. The van der Waals surface area contributed by atoms with Gasteiger partial charge in [-0.2, -0.15) is 5.26 Å². The van der Waals surface area contributed by atoms with Gasteiger partial charge in [-0.05, 0) is 25.1 Å². The molecule has 0 amide bonds. The van der Waals surface area contributed by atoms with E-state index in [1.165, 1.54) is 13.0 Å². The summed E-state index contributed by atoms with van der Waals surface area (Å²) in [6.45, 7) is 1.18. The van der Waals surface area contributed by atoms with E-state index in [-0.39, 0.29) is 15.6 Å². The first-order valence-corrected chi connectivity index (χ1v) is 8.28. The lowest BCUT2D eigenvalue weighted by Crippen LogP contribution is -2.24. The Morgan fingerprint density at radius 2 is 1.95 bits per heavy atom. The summed E-state index contributed by atoms with van der Waals surface area (Å²) in [6, 6.07) is 4.87. The van der Waals surface area contributed by atoms with E-state index in [1.54, 1.807) is 6.07 Å². The summed E-state index contributed by atoms with van der Waals surface area (Å²) in [7, 11) is -7.96. The second kappa shape index (κ2) is 5.34. The monoisotopic (exact) mass is 323 g/mol. The van der Waals surface area contributed by atoms with Gasteiger partial charge in [0.15, 0.2) is 5.25 Å². The lowest BCUT2D eigenvalue weighted by Gasteiger charge is -2.11. The number of hydrogen-bond donors (Lipinski definition) is 2. The Labute approximate surface area is 116 Å². The topological polar surface area (TPSA) is 130 Å². The van der Waals surface area contributed by atoms with E-state index in [0.29, 0.717) is 0 Å². The van der Waals surface area contributed by atoms with Crippen LogP contribution in [0.15, 0.2) is 23.1 Å². The summed E-state index contributed by atoms with van der Waals surface area (Å²) in [4.78, 5) is -0.292. The summed E-state index contributed by atoms with van der Waals surface area (Å²) in [5.41, 5.74) is -0.157. The first kappa shape index (κ1) is 15.7. The summed E-state index contributed by atoms with van der Waals surface area (Å²) < 4.78 is 47.7. The number of anilines is 1. The minimum absolute atomic E-state index is 0.0129. The maximum atomic E-state index is 11.7. The Balaban J connectivity index is 3.27. The van der Waals surface area contributed by atoms with Crippen LogP contribution in [0.3, 0.4) is 0 Å². The molecule has 7 nitrogen and oxygen atoms in total. The van der Waals surface area contributed by atoms with Crippen molar-refractivity contribution in [2.75, 3.05) is 4.72 Å². The molecule has 0 bridgehead atoms. The van der Waals surface area contributed by atoms with Crippen molar-refractivity contribution < 1.29 is 16.8 Å². The van der Waals surface area contributed by atoms with Gasteiger partial charge in [-0.15, -0.1) is 0 Å². The second-order valence-corrected chi connectivity index (χ2v) is 7.57. The van der Waals surface area contributed by atoms with Gasteiger partial charge in [0.25, 0.3) is 0 Å². The fraction of sp³-hybridized carbons (Fsp3) is 0.222. The molecular formula is C9H10ClN3O4S2. The third-order valence-electron chi connectivity index (χ3n) is 2.17. The summed E-state index contributed by atoms with van der Waals surface area (Å²) in [5.74, 6) is 0. The molecule has 1 aromatic carbocycles. The predicted octanol–water partition coefficient (Wildman–Crippen LogP) is 0.641. The number of rotatable bonds is 4. The molecule has 1 unspecified atom stereocenters. The summed E-state index contributed by atoms with van der Waals surface area (Å²) >= 11 is 5.75. The lowest BCUT2D eigenvalue weighted by atomic mass is 10.3. The van der Waals surface area contributed by atoms with Crippen LogP contribution in [0.1, 0.15) is 6.92 Å². The van der Waals surface area contributed by atoms with E-state index in [1.807, 2.05) is 4.72 Å². The molecule has 0 aromatic heterocycles. The maximum absolute atomic E-state index is 11.7. The molecule has 1 atom stereocenters. The number of nitrogens with zero attached hydrogens (tertiary/aromatic N) is 1. The second-order valence-electron chi connectivity index (χ2n) is 3.61. The summed E-state index contributed by atoms with van der Waals surface area (Å²) in [5, 5.41) is 12.2. The summed E-state index contributed by atoms with van der Waals surface area (Å²) in [6.07, 6.45) is 0. The molecule has 10 heteroatoms. The van der Waals surface area contributed by atoms with Gasteiger partial charge in [0.05, 0.1) is 21.7 Å². The molecule has 0 spiro atoms. The largest absolute Gasteiger partial charge is 0.281 e. The first-order valence-electron chi connectivity index (χ1n) is 4.81. The van der Waals surface area contributed by atoms with Crippen LogP contribution in [0.5, 0.6) is 0 Å². The molecule has 104 valence electrons. The molecule has 0 aliphatic heterocycles. The molecule has 0 aliphatic rings. The van der Waals surface area contributed by atoms with Gasteiger partial charge in [0.2, 0.25) is 20.0 Å². The number of nitrogens with two attached hydrogens (primary N) is 1. The Bertz CT molecular complexity index is 737. The molecule has 0 saturated carbocycles. The number of sulfonamides is 2. The zero-order valence-corrected chi connectivity index (χ0v) is 12.1. The zero-order chi connectivity index (χ0) is 14.8. The van der Waals surface area contributed by atoms with Crippen molar-refractivity contribution in [2.24, 2.45) is 5.14 Å². The minimum Gasteiger partial charge on any atom is -0.281 e. The molecule has 1 rings (SSSR count). The fourth-order valence-corrected chi connectivity index (χ4v) is 2.62. The van der Waals surface area contributed by atoms with Gasteiger partial charge in [0, 0.05) is 0 Å². The Hall–Kier alpha value is -1.34. The van der Waals surface area contributed by atoms with E-state index < -0.39 is 25.3 Å². The molecule has 0 aliphatic carbocycles. The Morgan fingerprint density at radius 1 is 1.37 bits per heavy atom. The average Bonchev–Trinajstić information content (AvgIpc) is 2.29. The van der Waals surface area contributed by atoms with Gasteiger partial charge < -0.3 is 0 Å². The van der Waals surface area contributed by atoms with E-state index >= 15 is 0 Å². The van der Waals surface area contributed by atoms with Crippen molar-refractivity contribution in [2.45, 2.75) is 17.1 Å². The molecular weight excluding hydrogens is 314 g/mol. The minimum atomic E-state index is -3.98. The third kappa shape index (κ3) is 3.81. The van der Waals surface area contributed by atoms with Gasteiger partial charge >= 0.3 is 0 Å². The van der Waals surface area contributed by atoms with Crippen LogP contribution < -0.4 is 9.86 Å². The van der Waals surface area contributed by atoms with Crippen LogP contribution in [0.4, 0.5) is 5.69 Å². The smallest absolute Gasteiger partial charge is 0.248 e. The molecule has 0 fully saturated rings. The van der Waals surface area contributed by atoms with E-state index in [2.05, 4.69) is 0 Å². The predicted molar refractivity (Wildman–Crippen MR) is 70.4 cm³/mol. The number of nitriles is 1. The van der Waals surface area contributed by atoms with Crippen molar-refractivity contribution in [3.05, 3.63) is 23.2 Å². The van der Waals surface area contributed by atoms with Crippen LogP contribution in [0.25, 0.3) is 0 Å². The van der Waals surface area contributed by atoms with Crippen LogP contribution in [-0.2, 0) is 20.0 Å². The normalized spacial score (nSPS) is 13.6. The van der Waals surface area contributed by atoms with Crippen LogP contribution in [0, 0.1) is 11.3 Å². The maximum Gasteiger partial charge on any atom is 0.248 e. The molecule has 1 aromatic rings. The zero-order valence-electron chi connectivity index (χ0n) is 9.66. The highest BCUT2D eigenvalue weighted by Gasteiger charge is 2.22. The fourth-order valence-electron chi connectivity index (χ4n) is 1.07. The highest BCUT2D eigenvalue weighted by Crippen LogP contribution is 2.26.